The highest BCUT2D eigenvalue weighted by Crippen LogP contribution is 2.17. The summed E-state index contributed by atoms with van der Waals surface area (Å²) in [5, 5.41) is 7.78. The molecule has 9 nitrogen and oxygen atoms in total. The molecule has 0 spiro atoms. The number of nitrogens with zero attached hydrogens (tertiary/aromatic N) is 4. The van der Waals surface area contributed by atoms with E-state index in [2.05, 4.69) is 25.4 Å². The molecule has 0 aliphatic heterocycles. The van der Waals surface area contributed by atoms with Crippen molar-refractivity contribution in [3.05, 3.63) is 52.2 Å². The normalized spacial score (nSPS) is 11.2. The molecule has 28 heavy (non-hydrogen) atoms. The minimum Gasteiger partial charge on any atom is -0.370 e. The van der Waals surface area contributed by atoms with Gasteiger partial charge in [-0.1, -0.05) is 38.1 Å². The fourth-order valence-electron chi connectivity index (χ4n) is 2.76. The van der Waals surface area contributed by atoms with E-state index >= 15 is 0 Å². The molecule has 148 valence electrons. The number of nitrogens with one attached hydrogen (secondary N) is 2. The molecule has 1 aromatic carbocycles. The Hall–Kier alpha value is -3.20. The zero-order valence-electron chi connectivity index (χ0n) is 16.1. The average molecular weight is 382 g/mol. The molecule has 3 rings (SSSR count). The predicted octanol–water partition coefficient (Wildman–Crippen LogP) is 0.961. The Kier molecular flexibility index (Phi) is 6.05. The maximum atomic E-state index is 12.4. The van der Waals surface area contributed by atoms with Crippen LogP contribution in [0.15, 0.2) is 40.2 Å². The molecule has 0 saturated heterocycles. The number of rotatable bonds is 8. The van der Waals surface area contributed by atoms with Crippen molar-refractivity contribution in [2.75, 3.05) is 13.1 Å². The Balaban J connectivity index is 1.67. The fourth-order valence-corrected chi connectivity index (χ4v) is 2.76. The van der Waals surface area contributed by atoms with Crippen molar-refractivity contribution in [2.24, 2.45) is 16.5 Å². The van der Waals surface area contributed by atoms with Crippen LogP contribution in [0.4, 0.5) is 0 Å². The maximum Gasteiger partial charge on any atom is 0.260 e. The number of H-pyrrole nitrogens is 1. The SMILES string of the molecule is CC(C)c1nc2[nH]c(=O)c(-c3ccc(CNCCCN=C(N)N)cc3)cn2n1. The summed E-state index contributed by atoms with van der Waals surface area (Å²) in [5.74, 6) is 1.47. The summed E-state index contributed by atoms with van der Waals surface area (Å²) in [6.45, 7) is 6.20. The summed E-state index contributed by atoms with van der Waals surface area (Å²) < 4.78 is 1.62. The third-order valence-electron chi connectivity index (χ3n) is 4.29. The molecule has 0 atom stereocenters. The van der Waals surface area contributed by atoms with E-state index in [9.17, 15) is 4.79 Å². The fraction of sp³-hybridized carbons (Fsp3) is 0.368. The summed E-state index contributed by atoms with van der Waals surface area (Å²) in [5.41, 5.74) is 12.9. The Bertz CT molecular complexity index is 1010. The van der Waals surface area contributed by atoms with E-state index < -0.39 is 0 Å². The standard InChI is InChI=1S/C19H26N8O/c1-12(2)16-24-19-25-17(28)15(11-27(19)26-16)14-6-4-13(5-7-14)10-22-8-3-9-23-18(20)21/h4-7,11-12,22H,3,8-10H2,1-2H3,(H4,20,21,23)(H,24,25,26,28). The van der Waals surface area contributed by atoms with Gasteiger partial charge in [-0.05, 0) is 24.1 Å². The van der Waals surface area contributed by atoms with Crippen LogP contribution in [-0.2, 0) is 6.54 Å². The van der Waals surface area contributed by atoms with Crippen LogP contribution in [0, 0.1) is 0 Å². The summed E-state index contributed by atoms with van der Waals surface area (Å²) in [4.78, 5) is 23.5. The van der Waals surface area contributed by atoms with E-state index in [0.717, 1.165) is 30.6 Å². The van der Waals surface area contributed by atoms with Crippen LogP contribution in [-0.4, -0.2) is 38.6 Å². The molecular formula is C19H26N8O. The zero-order valence-corrected chi connectivity index (χ0v) is 16.1. The first-order valence-corrected chi connectivity index (χ1v) is 9.29. The maximum absolute atomic E-state index is 12.4. The molecule has 0 amide bonds. The lowest BCUT2D eigenvalue weighted by Gasteiger charge is -2.06. The van der Waals surface area contributed by atoms with Crippen LogP contribution in [0.1, 0.15) is 37.6 Å². The van der Waals surface area contributed by atoms with Crippen molar-refractivity contribution in [1.82, 2.24) is 24.9 Å². The van der Waals surface area contributed by atoms with Gasteiger partial charge in [-0.25, -0.2) is 4.52 Å². The van der Waals surface area contributed by atoms with Gasteiger partial charge in [0.1, 0.15) is 0 Å². The lowest BCUT2D eigenvalue weighted by Crippen LogP contribution is -2.23. The van der Waals surface area contributed by atoms with E-state index in [1.807, 2.05) is 38.1 Å². The van der Waals surface area contributed by atoms with Crippen LogP contribution in [0.3, 0.4) is 0 Å². The van der Waals surface area contributed by atoms with Crippen molar-refractivity contribution >= 4 is 11.7 Å². The van der Waals surface area contributed by atoms with Gasteiger partial charge >= 0.3 is 0 Å². The number of hydrogen-bond acceptors (Lipinski definition) is 5. The van der Waals surface area contributed by atoms with Crippen molar-refractivity contribution in [2.45, 2.75) is 32.7 Å². The lowest BCUT2D eigenvalue weighted by atomic mass is 10.1. The molecule has 0 fully saturated rings. The number of benzene rings is 1. The number of fused-ring (bicyclic) bond motifs is 1. The van der Waals surface area contributed by atoms with Gasteiger partial charge in [0.15, 0.2) is 11.8 Å². The minimum absolute atomic E-state index is 0.120. The number of nitrogens with two attached hydrogens (primary N) is 2. The number of guanidine groups is 1. The van der Waals surface area contributed by atoms with Gasteiger partial charge in [0.25, 0.3) is 5.56 Å². The van der Waals surface area contributed by atoms with Crippen LogP contribution >= 0.6 is 0 Å². The molecule has 2 aromatic heterocycles. The zero-order chi connectivity index (χ0) is 20.1. The number of aromatic amines is 1. The summed E-state index contributed by atoms with van der Waals surface area (Å²) in [6, 6.07) is 7.88. The van der Waals surface area contributed by atoms with Gasteiger partial charge in [0, 0.05) is 25.2 Å². The Morgan fingerprint density at radius 3 is 2.71 bits per heavy atom. The number of hydrogen-bond donors (Lipinski definition) is 4. The first kappa shape index (κ1) is 19.6. The largest absolute Gasteiger partial charge is 0.370 e. The molecule has 0 saturated carbocycles. The first-order chi connectivity index (χ1) is 13.4. The van der Waals surface area contributed by atoms with Gasteiger partial charge in [-0.15, -0.1) is 5.10 Å². The first-order valence-electron chi connectivity index (χ1n) is 9.29. The highest BCUT2D eigenvalue weighted by Gasteiger charge is 2.11. The number of aliphatic imine (C=N–C) groups is 1. The smallest absolute Gasteiger partial charge is 0.260 e. The van der Waals surface area contributed by atoms with Crippen molar-refractivity contribution in [1.29, 1.82) is 0 Å². The molecule has 0 aliphatic rings. The molecule has 9 heteroatoms. The minimum atomic E-state index is -0.180. The van der Waals surface area contributed by atoms with E-state index in [0.29, 0.717) is 23.7 Å². The summed E-state index contributed by atoms with van der Waals surface area (Å²) in [6.07, 6.45) is 2.59. The molecule has 2 heterocycles. The van der Waals surface area contributed by atoms with E-state index in [-0.39, 0.29) is 17.4 Å². The van der Waals surface area contributed by atoms with E-state index in [1.54, 1.807) is 10.7 Å². The highest BCUT2D eigenvalue weighted by atomic mass is 16.1. The molecule has 3 aromatic rings. The van der Waals surface area contributed by atoms with Crippen LogP contribution in [0.2, 0.25) is 0 Å². The van der Waals surface area contributed by atoms with Crippen molar-refractivity contribution < 1.29 is 0 Å². The van der Waals surface area contributed by atoms with Gasteiger partial charge in [0.2, 0.25) is 5.78 Å². The molecule has 0 radical (unpaired) electrons. The second kappa shape index (κ2) is 8.66. The molecule has 0 unspecified atom stereocenters. The monoisotopic (exact) mass is 382 g/mol. The van der Waals surface area contributed by atoms with Gasteiger partial charge < -0.3 is 16.8 Å². The topological polar surface area (TPSA) is 139 Å². The highest BCUT2D eigenvalue weighted by molar-refractivity contribution is 5.75. The van der Waals surface area contributed by atoms with Crippen molar-refractivity contribution in [3.8, 4) is 11.1 Å². The third-order valence-corrected chi connectivity index (χ3v) is 4.29. The second-order valence-corrected chi connectivity index (χ2v) is 6.92. The summed E-state index contributed by atoms with van der Waals surface area (Å²) in [7, 11) is 0. The molecule has 0 aliphatic carbocycles. The third kappa shape index (κ3) is 4.74. The molecule has 6 N–H and O–H groups in total. The van der Waals surface area contributed by atoms with Gasteiger partial charge in [0.05, 0.1) is 5.56 Å². The van der Waals surface area contributed by atoms with Crippen molar-refractivity contribution in [3.63, 3.8) is 0 Å². The van der Waals surface area contributed by atoms with Gasteiger partial charge in [-0.2, -0.15) is 4.98 Å². The quantitative estimate of drug-likeness (QED) is 0.260. The van der Waals surface area contributed by atoms with Crippen LogP contribution in [0.5, 0.6) is 0 Å². The van der Waals surface area contributed by atoms with E-state index in [4.69, 9.17) is 11.5 Å². The van der Waals surface area contributed by atoms with Crippen LogP contribution in [0.25, 0.3) is 16.9 Å². The predicted molar refractivity (Wildman–Crippen MR) is 110 cm³/mol. The number of aromatic nitrogens is 4. The van der Waals surface area contributed by atoms with E-state index in [1.165, 1.54) is 0 Å². The molecular weight excluding hydrogens is 356 g/mol. The Morgan fingerprint density at radius 2 is 2.04 bits per heavy atom. The Morgan fingerprint density at radius 1 is 1.29 bits per heavy atom. The summed E-state index contributed by atoms with van der Waals surface area (Å²) >= 11 is 0. The lowest BCUT2D eigenvalue weighted by molar-refractivity contribution is 0.655. The van der Waals surface area contributed by atoms with Gasteiger partial charge in [-0.3, -0.25) is 14.8 Å². The average Bonchev–Trinajstić information content (AvgIpc) is 3.07. The Labute approximate surface area is 162 Å². The van der Waals surface area contributed by atoms with Crippen LogP contribution < -0.4 is 22.3 Å². The molecule has 0 bridgehead atoms. The second-order valence-electron chi connectivity index (χ2n) is 6.92.